The van der Waals surface area contributed by atoms with Gasteiger partial charge < -0.3 is 5.11 Å². The van der Waals surface area contributed by atoms with E-state index in [4.69, 9.17) is 5.11 Å². The summed E-state index contributed by atoms with van der Waals surface area (Å²) in [5.41, 5.74) is 2.83. The van der Waals surface area contributed by atoms with Gasteiger partial charge in [-0.1, -0.05) is 66.7 Å². The number of carboxylic acids is 1. The highest BCUT2D eigenvalue weighted by atomic mass is 16.4. The highest BCUT2D eigenvalue weighted by Gasteiger charge is 2.11. The normalized spacial score (nSPS) is 11.6. The summed E-state index contributed by atoms with van der Waals surface area (Å²) in [4.78, 5) is 11.0. The van der Waals surface area contributed by atoms with E-state index in [0.717, 1.165) is 18.4 Å². The Labute approximate surface area is 157 Å². The Hall–Kier alpha value is -3.39. The van der Waals surface area contributed by atoms with Crippen LogP contribution in [0.15, 0.2) is 78.9 Å². The number of hydrogen-bond donors (Lipinski definition) is 1. The first-order valence-electron chi connectivity index (χ1n) is 9.18. The summed E-state index contributed by atoms with van der Waals surface area (Å²) in [5, 5.41) is 16.9. The lowest BCUT2D eigenvalue weighted by Gasteiger charge is -2.14. The predicted octanol–water partition coefficient (Wildman–Crippen LogP) is 6.07. The average Bonchev–Trinajstić information content (AvgIpc) is 2.71. The molecule has 0 aliphatic rings. The van der Waals surface area contributed by atoms with E-state index < -0.39 is 5.97 Å². The van der Waals surface area contributed by atoms with Crippen molar-refractivity contribution in [1.29, 1.82) is 0 Å². The second kappa shape index (κ2) is 6.10. The molecule has 0 heterocycles. The number of rotatable bonds is 4. The minimum absolute atomic E-state index is 0.335. The Kier molecular flexibility index (Phi) is 3.58. The van der Waals surface area contributed by atoms with Crippen molar-refractivity contribution in [2.45, 2.75) is 12.8 Å². The van der Waals surface area contributed by atoms with E-state index >= 15 is 0 Å². The molecule has 0 fully saturated rings. The third kappa shape index (κ3) is 2.61. The molecular weight excluding hydrogens is 332 g/mol. The largest absolute Gasteiger partial charge is 0.478 e. The molecule has 0 aliphatic carbocycles. The number of aryl methyl sites for hydroxylation is 2. The number of hydrogen-bond acceptors (Lipinski definition) is 1. The van der Waals surface area contributed by atoms with E-state index in [9.17, 15) is 4.79 Å². The molecule has 5 aromatic rings. The van der Waals surface area contributed by atoms with E-state index in [-0.39, 0.29) is 0 Å². The van der Waals surface area contributed by atoms with Crippen molar-refractivity contribution < 1.29 is 9.90 Å². The Morgan fingerprint density at radius 1 is 0.667 bits per heavy atom. The molecule has 0 unspecified atom stereocenters. The van der Waals surface area contributed by atoms with Gasteiger partial charge in [-0.15, -0.1) is 0 Å². The van der Waals surface area contributed by atoms with Crippen LogP contribution >= 0.6 is 0 Å². The number of carboxylic acid groups (broad SMARTS) is 1. The molecule has 5 aromatic carbocycles. The van der Waals surface area contributed by atoms with Crippen molar-refractivity contribution in [1.82, 2.24) is 0 Å². The molecule has 1 N–H and O–H groups in total. The fraction of sp³-hybridized carbons (Fsp3) is 0.0800. The Morgan fingerprint density at radius 2 is 1.30 bits per heavy atom. The first-order valence-corrected chi connectivity index (χ1v) is 9.18. The van der Waals surface area contributed by atoms with Crippen LogP contribution in [0.25, 0.3) is 32.3 Å². The van der Waals surface area contributed by atoms with E-state index in [2.05, 4.69) is 54.6 Å². The van der Waals surface area contributed by atoms with Crippen LogP contribution in [0.2, 0.25) is 0 Å². The first kappa shape index (κ1) is 15.8. The van der Waals surface area contributed by atoms with E-state index in [0.29, 0.717) is 5.56 Å². The van der Waals surface area contributed by atoms with Crippen molar-refractivity contribution in [3.63, 3.8) is 0 Å². The van der Waals surface area contributed by atoms with Crippen molar-refractivity contribution in [2.75, 3.05) is 0 Å². The molecule has 27 heavy (non-hydrogen) atoms. The van der Waals surface area contributed by atoms with Crippen LogP contribution in [0.1, 0.15) is 21.5 Å². The van der Waals surface area contributed by atoms with Gasteiger partial charge in [-0.3, -0.25) is 0 Å². The SMILES string of the molecule is O=C(O)c1ccc(CCc2ccc3ccc4cccc5ccc2c3c45)cc1. The van der Waals surface area contributed by atoms with E-state index in [1.807, 2.05) is 12.1 Å². The lowest BCUT2D eigenvalue weighted by molar-refractivity contribution is 0.0697. The second-order valence-corrected chi connectivity index (χ2v) is 7.08. The van der Waals surface area contributed by atoms with Crippen LogP contribution in [0.3, 0.4) is 0 Å². The lowest BCUT2D eigenvalue weighted by Crippen LogP contribution is -1.97. The molecule has 0 saturated carbocycles. The van der Waals surface area contributed by atoms with Gasteiger partial charge in [0.1, 0.15) is 0 Å². The van der Waals surface area contributed by atoms with Crippen LogP contribution < -0.4 is 0 Å². The van der Waals surface area contributed by atoms with Gasteiger partial charge in [0.2, 0.25) is 0 Å². The third-order valence-electron chi connectivity index (χ3n) is 5.50. The standard InChI is InChI=1S/C25H18O2/c26-25(27)21-8-5-16(6-9-21)4-7-17-10-11-20-13-12-18-2-1-3-19-14-15-22(17)24(20)23(18)19/h1-3,5-6,8-15H,4,7H2,(H,26,27). The van der Waals surface area contributed by atoms with Gasteiger partial charge in [0.25, 0.3) is 0 Å². The zero-order chi connectivity index (χ0) is 18.4. The molecule has 130 valence electrons. The quantitative estimate of drug-likeness (QED) is 0.400. The topological polar surface area (TPSA) is 37.3 Å². The van der Waals surface area contributed by atoms with Crippen LogP contribution in [0.5, 0.6) is 0 Å². The smallest absolute Gasteiger partial charge is 0.335 e. The maximum absolute atomic E-state index is 11.0. The highest BCUT2D eigenvalue weighted by molar-refractivity contribution is 6.23. The molecule has 0 amide bonds. The van der Waals surface area contributed by atoms with Crippen molar-refractivity contribution in [2.24, 2.45) is 0 Å². The summed E-state index contributed by atoms with van der Waals surface area (Å²) >= 11 is 0. The molecular formula is C25H18O2. The number of benzene rings is 5. The van der Waals surface area contributed by atoms with Gasteiger partial charge in [-0.2, -0.15) is 0 Å². The van der Waals surface area contributed by atoms with Crippen LogP contribution in [-0.4, -0.2) is 11.1 Å². The lowest BCUT2D eigenvalue weighted by atomic mass is 9.90. The molecule has 5 rings (SSSR count). The van der Waals surface area contributed by atoms with E-state index in [1.165, 1.54) is 37.9 Å². The van der Waals surface area contributed by atoms with Gasteiger partial charge in [-0.25, -0.2) is 4.79 Å². The van der Waals surface area contributed by atoms with Crippen molar-refractivity contribution in [3.05, 3.63) is 95.6 Å². The maximum Gasteiger partial charge on any atom is 0.335 e. The van der Waals surface area contributed by atoms with Crippen LogP contribution in [0.4, 0.5) is 0 Å². The second-order valence-electron chi connectivity index (χ2n) is 7.08. The van der Waals surface area contributed by atoms with Crippen molar-refractivity contribution in [3.8, 4) is 0 Å². The maximum atomic E-state index is 11.0. The molecule has 2 heteroatoms. The minimum atomic E-state index is -0.881. The Bertz CT molecular complexity index is 1270. The molecule has 0 atom stereocenters. The average molecular weight is 350 g/mol. The summed E-state index contributed by atoms with van der Waals surface area (Å²) in [7, 11) is 0. The summed E-state index contributed by atoms with van der Waals surface area (Å²) < 4.78 is 0. The Balaban J connectivity index is 1.56. The van der Waals surface area contributed by atoms with E-state index in [1.54, 1.807) is 12.1 Å². The summed E-state index contributed by atoms with van der Waals surface area (Å²) in [6.07, 6.45) is 1.82. The van der Waals surface area contributed by atoms with Gasteiger partial charge in [-0.05, 0) is 68.4 Å². The predicted molar refractivity (Wildman–Crippen MR) is 111 cm³/mol. The van der Waals surface area contributed by atoms with Gasteiger partial charge in [0, 0.05) is 0 Å². The zero-order valence-electron chi connectivity index (χ0n) is 14.8. The zero-order valence-corrected chi connectivity index (χ0v) is 14.8. The molecule has 0 bridgehead atoms. The number of carbonyl (C=O) groups is 1. The van der Waals surface area contributed by atoms with Gasteiger partial charge in [0.15, 0.2) is 0 Å². The highest BCUT2D eigenvalue weighted by Crippen LogP contribution is 2.36. The molecule has 0 spiro atoms. The summed E-state index contributed by atoms with van der Waals surface area (Å²) in [6, 6.07) is 27.0. The molecule has 0 radical (unpaired) electrons. The molecule has 2 nitrogen and oxygen atoms in total. The Morgan fingerprint density at radius 3 is 2.00 bits per heavy atom. The molecule has 0 aromatic heterocycles. The van der Waals surface area contributed by atoms with Gasteiger partial charge in [0.05, 0.1) is 5.56 Å². The summed E-state index contributed by atoms with van der Waals surface area (Å²) in [6.45, 7) is 0. The van der Waals surface area contributed by atoms with Crippen LogP contribution in [0, 0.1) is 0 Å². The summed E-state index contributed by atoms with van der Waals surface area (Å²) in [5.74, 6) is -0.881. The fourth-order valence-corrected chi connectivity index (χ4v) is 4.11. The van der Waals surface area contributed by atoms with Crippen molar-refractivity contribution >= 4 is 38.3 Å². The molecule has 0 saturated heterocycles. The minimum Gasteiger partial charge on any atom is -0.478 e. The first-order chi connectivity index (χ1) is 13.2. The number of aromatic carboxylic acids is 1. The third-order valence-corrected chi connectivity index (χ3v) is 5.50. The van der Waals surface area contributed by atoms with Gasteiger partial charge >= 0.3 is 5.97 Å². The monoisotopic (exact) mass is 350 g/mol. The van der Waals surface area contributed by atoms with Crippen LogP contribution in [-0.2, 0) is 12.8 Å². The fourth-order valence-electron chi connectivity index (χ4n) is 4.11. The molecule has 0 aliphatic heterocycles.